The number of hydrogen-bond acceptors (Lipinski definition) is 5. The molecule has 2 heterocycles. The Morgan fingerprint density at radius 1 is 1.11 bits per heavy atom. The number of anilines is 2. The van der Waals surface area contributed by atoms with Gasteiger partial charge >= 0.3 is 0 Å². The van der Waals surface area contributed by atoms with E-state index in [9.17, 15) is 9.59 Å². The Bertz CT molecular complexity index is 860. The predicted molar refractivity (Wildman–Crippen MR) is 107 cm³/mol. The molecule has 28 heavy (non-hydrogen) atoms. The molecule has 1 fully saturated rings. The minimum Gasteiger partial charge on any atom is -0.482 e. The summed E-state index contributed by atoms with van der Waals surface area (Å²) < 4.78 is 5.53. The van der Waals surface area contributed by atoms with Gasteiger partial charge in [-0.2, -0.15) is 0 Å². The van der Waals surface area contributed by atoms with E-state index < -0.39 is 6.61 Å². The third-order valence-corrected chi connectivity index (χ3v) is 5.54. The van der Waals surface area contributed by atoms with Gasteiger partial charge in [0.25, 0.3) is 5.91 Å². The summed E-state index contributed by atoms with van der Waals surface area (Å²) in [5.41, 5.74) is 2.25. The summed E-state index contributed by atoms with van der Waals surface area (Å²) in [6.45, 7) is 2.01. The van der Waals surface area contributed by atoms with Gasteiger partial charge < -0.3 is 19.6 Å². The summed E-state index contributed by atoms with van der Waals surface area (Å²) in [4.78, 5) is 28.5. The summed E-state index contributed by atoms with van der Waals surface area (Å²) in [5, 5.41) is 9.12. The maximum absolute atomic E-state index is 12.5. The summed E-state index contributed by atoms with van der Waals surface area (Å²) >= 11 is 0. The van der Waals surface area contributed by atoms with Crippen molar-refractivity contribution < 1.29 is 19.4 Å². The summed E-state index contributed by atoms with van der Waals surface area (Å²) in [6, 6.07) is 15.4. The molecule has 4 rings (SSSR count). The third kappa shape index (κ3) is 3.73. The Hall–Kier alpha value is -2.86. The third-order valence-electron chi connectivity index (χ3n) is 5.54. The van der Waals surface area contributed by atoms with Gasteiger partial charge in [-0.3, -0.25) is 9.59 Å². The van der Waals surface area contributed by atoms with Gasteiger partial charge in [0.05, 0.1) is 5.69 Å². The van der Waals surface area contributed by atoms with Crippen LogP contribution in [0.25, 0.3) is 0 Å². The highest BCUT2D eigenvalue weighted by Gasteiger charge is 2.30. The second-order valence-corrected chi connectivity index (χ2v) is 7.32. The fourth-order valence-corrected chi connectivity index (χ4v) is 3.94. The molecule has 1 N–H and O–H groups in total. The van der Waals surface area contributed by atoms with Crippen LogP contribution in [0.5, 0.6) is 5.75 Å². The lowest BCUT2D eigenvalue weighted by Crippen LogP contribution is -2.44. The number of nitrogens with zero attached hydrogens (tertiary/aromatic N) is 2. The number of ketones is 1. The van der Waals surface area contributed by atoms with Crippen molar-refractivity contribution >= 4 is 23.1 Å². The van der Waals surface area contributed by atoms with Crippen LogP contribution in [0.15, 0.2) is 48.5 Å². The number of amides is 1. The van der Waals surface area contributed by atoms with Gasteiger partial charge in [-0.05, 0) is 49.1 Å². The van der Waals surface area contributed by atoms with Gasteiger partial charge in [-0.1, -0.05) is 18.2 Å². The van der Waals surface area contributed by atoms with Crippen molar-refractivity contribution in [2.75, 3.05) is 42.6 Å². The average molecular weight is 380 g/mol. The quantitative estimate of drug-likeness (QED) is 0.807. The molecule has 2 aromatic rings. The second-order valence-electron chi connectivity index (χ2n) is 7.32. The van der Waals surface area contributed by atoms with Crippen LogP contribution in [-0.4, -0.2) is 49.6 Å². The fourth-order valence-electron chi connectivity index (χ4n) is 3.94. The molecule has 6 heteroatoms. The van der Waals surface area contributed by atoms with E-state index in [0.29, 0.717) is 29.5 Å². The van der Waals surface area contributed by atoms with E-state index in [4.69, 9.17) is 9.84 Å². The van der Waals surface area contributed by atoms with Crippen molar-refractivity contribution in [1.82, 2.24) is 0 Å². The monoisotopic (exact) mass is 380 g/mol. The molecule has 0 aliphatic carbocycles. The van der Waals surface area contributed by atoms with E-state index >= 15 is 0 Å². The molecule has 2 aliphatic rings. The number of piperidine rings is 1. The number of fused-ring (bicyclic) bond motifs is 1. The van der Waals surface area contributed by atoms with E-state index in [1.54, 1.807) is 23.1 Å². The molecule has 0 spiro atoms. The minimum absolute atomic E-state index is 0.0170. The highest BCUT2D eigenvalue weighted by atomic mass is 16.5. The second kappa shape index (κ2) is 8.02. The van der Waals surface area contributed by atoms with Gasteiger partial charge in [0.15, 0.2) is 12.4 Å². The van der Waals surface area contributed by atoms with Crippen molar-refractivity contribution in [2.45, 2.75) is 12.8 Å². The highest BCUT2D eigenvalue weighted by Crippen LogP contribution is 2.35. The maximum atomic E-state index is 12.5. The Kier molecular flexibility index (Phi) is 5.30. The first-order chi connectivity index (χ1) is 13.7. The molecular formula is C22H24N2O4. The van der Waals surface area contributed by atoms with Crippen LogP contribution < -0.4 is 14.5 Å². The largest absolute Gasteiger partial charge is 0.482 e. The molecule has 0 aromatic heterocycles. The van der Waals surface area contributed by atoms with Crippen LogP contribution >= 0.6 is 0 Å². The maximum Gasteiger partial charge on any atom is 0.265 e. The van der Waals surface area contributed by atoms with Gasteiger partial charge in [-0.15, -0.1) is 0 Å². The van der Waals surface area contributed by atoms with Gasteiger partial charge in [0, 0.05) is 30.9 Å². The molecule has 0 unspecified atom stereocenters. The number of carbonyl (C=O) groups excluding carboxylic acids is 2. The van der Waals surface area contributed by atoms with Crippen LogP contribution in [0.2, 0.25) is 0 Å². The Balaban J connectivity index is 1.47. The summed E-state index contributed by atoms with van der Waals surface area (Å²) in [6.07, 6.45) is 2.01. The smallest absolute Gasteiger partial charge is 0.265 e. The SMILES string of the molecule is O=C(CO)c1ccc2c(c1)N(CC1CCN(c3ccccc3)CC1)C(=O)CO2. The Morgan fingerprint density at radius 2 is 1.86 bits per heavy atom. The van der Waals surface area contributed by atoms with Gasteiger partial charge in [0.1, 0.15) is 12.4 Å². The normalized spacial score (nSPS) is 17.2. The number of para-hydroxylation sites is 1. The number of aliphatic hydroxyl groups excluding tert-OH is 1. The first kappa shape index (κ1) is 18.5. The number of aliphatic hydroxyl groups is 1. The molecule has 0 atom stereocenters. The van der Waals surface area contributed by atoms with Crippen molar-refractivity contribution in [2.24, 2.45) is 5.92 Å². The number of rotatable bonds is 5. The van der Waals surface area contributed by atoms with E-state index in [1.807, 2.05) is 6.07 Å². The van der Waals surface area contributed by atoms with Crippen molar-refractivity contribution in [3.05, 3.63) is 54.1 Å². The summed E-state index contributed by atoms with van der Waals surface area (Å²) in [7, 11) is 0. The molecular weight excluding hydrogens is 356 g/mol. The lowest BCUT2D eigenvalue weighted by atomic mass is 9.95. The molecule has 1 saturated heterocycles. The Labute approximate surface area is 164 Å². The number of benzene rings is 2. The zero-order valence-corrected chi connectivity index (χ0v) is 15.7. The molecule has 0 radical (unpaired) electrons. The van der Waals surface area contributed by atoms with Crippen molar-refractivity contribution in [1.29, 1.82) is 0 Å². The number of carbonyl (C=O) groups is 2. The zero-order chi connectivity index (χ0) is 19.5. The molecule has 0 saturated carbocycles. The predicted octanol–water partition coefficient (Wildman–Crippen LogP) is 2.50. The molecule has 2 aromatic carbocycles. The number of Topliss-reactive ketones (excluding diaryl/α,β-unsaturated/α-hetero) is 1. The highest BCUT2D eigenvalue weighted by molar-refractivity contribution is 6.02. The Morgan fingerprint density at radius 3 is 2.57 bits per heavy atom. The van der Waals surface area contributed by atoms with E-state index in [0.717, 1.165) is 25.9 Å². The van der Waals surface area contributed by atoms with E-state index in [-0.39, 0.29) is 18.3 Å². The van der Waals surface area contributed by atoms with Gasteiger partial charge in [-0.25, -0.2) is 0 Å². The van der Waals surface area contributed by atoms with Crippen LogP contribution in [-0.2, 0) is 4.79 Å². The summed E-state index contributed by atoms with van der Waals surface area (Å²) in [5.74, 6) is 0.548. The first-order valence-corrected chi connectivity index (χ1v) is 9.67. The van der Waals surface area contributed by atoms with Crippen molar-refractivity contribution in [3.8, 4) is 5.75 Å². The first-order valence-electron chi connectivity index (χ1n) is 9.67. The van der Waals surface area contributed by atoms with Gasteiger partial charge in [0.2, 0.25) is 0 Å². The molecule has 0 bridgehead atoms. The lowest BCUT2D eigenvalue weighted by molar-refractivity contribution is -0.121. The van der Waals surface area contributed by atoms with Crippen LogP contribution in [0.1, 0.15) is 23.2 Å². The molecule has 6 nitrogen and oxygen atoms in total. The average Bonchev–Trinajstić information content (AvgIpc) is 2.76. The van der Waals surface area contributed by atoms with Crippen LogP contribution in [0.3, 0.4) is 0 Å². The molecule has 1 amide bonds. The fraction of sp³-hybridized carbons (Fsp3) is 0.364. The topological polar surface area (TPSA) is 70.1 Å². The standard InChI is InChI=1S/C22H24N2O4/c25-14-20(26)17-6-7-21-19(12-17)24(22(27)15-28-21)13-16-8-10-23(11-9-16)18-4-2-1-3-5-18/h1-7,12,16,25H,8-11,13-15H2. The molecule has 146 valence electrons. The zero-order valence-electron chi connectivity index (χ0n) is 15.7. The lowest BCUT2D eigenvalue weighted by Gasteiger charge is -2.37. The van der Waals surface area contributed by atoms with Crippen LogP contribution in [0, 0.1) is 5.92 Å². The number of ether oxygens (including phenoxy) is 1. The van der Waals surface area contributed by atoms with Crippen LogP contribution in [0.4, 0.5) is 11.4 Å². The minimum atomic E-state index is -0.550. The van der Waals surface area contributed by atoms with Crippen molar-refractivity contribution in [3.63, 3.8) is 0 Å². The van der Waals surface area contributed by atoms with E-state index in [1.165, 1.54) is 5.69 Å². The number of hydrogen-bond donors (Lipinski definition) is 1. The molecule has 2 aliphatic heterocycles. The van der Waals surface area contributed by atoms with E-state index in [2.05, 4.69) is 29.2 Å².